The van der Waals surface area contributed by atoms with Crippen LogP contribution < -0.4 is 5.32 Å². The molecule has 0 atom stereocenters. The van der Waals surface area contributed by atoms with Crippen LogP contribution in [0.3, 0.4) is 0 Å². The van der Waals surface area contributed by atoms with E-state index in [1.165, 1.54) is 0 Å². The van der Waals surface area contributed by atoms with Gasteiger partial charge in [-0.05, 0) is 12.8 Å². The van der Waals surface area contributed by atoms with Gasteiger partial charge in [0.15, 0.2) is 0 Å². The number of carbonyl (C=O) groups excluding carboxylic acids is 1. The maximum Gasteiger partial charge on any atom is 0.303 e. The Bertz CT molecular complexity index is 335. The monoisotopic (exact) mass is 225 g/mol. The van der Waals surface area contributed by atoms with Gasteiger partial charge in [0.2, 0.25) is 5.91 Å². The number of amides is 1. The van der Waals surface area contributed by atoms with E-state index in [1.54, 1.807) is 12.5 Å². The molecule has 0 aromatic carbocycles. The Hall–Kier alpha value is -1.85. The molecule has 6 heteroatoms. The van der Waals surface area contributed by atoms with E-state index in [1.807, 2.05) is 0 Å². The zero-order valence-corrected chi connectivity index (χ0v) is 8.90. The first kappa shape index (κ1) is 12.2. The second-order valence-electron chi connectivity index (χ2n) is 3.45. The molecule has 1 rings (SSSR count). The number of aliphatic carboxylic acids is 1. The summed E-state index contributed by atoms with van der Waals surface area (Å²) in [5.74, 6) is -0.891. The number of carboxylic acids is 1. The average Bonchev–Trinajstić information content (AvgIpc) is 2.74. The van der Waals surface area contributed by atoms with E-state index in [9.17, 15) is 9.59 Å². The zero-order valence-electron chi connectivity index (χ0n) is 8.90. The number of rotatable bonds is 7. The van der Waals surface area contributed by atoms with Crippen LogP contribution in [-0.4, -0.2) is 27.0 Å². The van der Waals surface area contributed by atoms with Crippen LogP contribution in [0.5, 0.6) is 0 Å². The number of hydrogen-bond acceptors (Lipinski definition) is 3. The first-order valence-corrected chi connectivity index (χ1v) is 5.14. The molecular weight excluding hydrogens is 210 g/mol. The highest BCUT2D eigenvalue weighted by atomic mass is 16.4. The Balaban J connectivity index is 2.05. The molecule has 0 bridgehead atoms. The Labute approximate surface area is 93.1 Å². The average molecular weight is 225 g/mol. The molecule has 0 aliphatic rings. The van der Waals surface area contributed by atoms with Crippen molar-refractivity contribution in [3.63, 3.8) is 0 Å². The van der Waals surface area contributed by atoms with Gasteiger partial charge < -0.3 is 15.4 Å². The third-order valence-electron chi connectivity index (χ3n) is 2.08. The molecule has 1 aromatic heterocycles. The molecule has 6 nitrogen and oxygen atoms in total. The van der Waals surface area contributed by atoms with Gasteiger partial charge in [0.25, 0.3) is 0 Å². The van der Waals surface area contributed by atoms with Crippen molar-refractivity contribution in [2.75, 3.05) is 0 Å². The van der Waals surface area contributed by atoms with E-state index in [0.29, 0.717) is 25.8 Å². The summed E-state index contributed by atoms with van der Waals surface area (Å²) in [5.41, 5.74) is 0.846. The van der Waals surface area contributed by atoms with Crippen LogP contribution in [0.2, 0.25) is 0 Å². The molecule has 0 aliphatic heterocycles. The fraction of sp³-hybridized carbons (Fsp3) is 0.500. The minimum Gasteiger partial charge on any atom is -0.481 e. The maximum absolute atomic E-state index is 11.3. The van der Waals surface area contributed by atoms with Crippen LogP contribution in [-0.2, 0) is 16.1 Å². The van der Waals surface area contributed by atoms with Crippen molar-refractivity contribution < 1.29 is 14.7 Å². The van der Waals surface area contributed by atoms with Gasteiger partial charge in [-0.25, -0.2) is 4.98 Å². The second-order valence-corrected chi connectivity index (χ2v) is 3.45. The number of aromatic amines is 1. The Kier molecular flexibility index (Phi) is 5.04. The molecule has 0 aliphatic carbocycles. The van der Waals surface area contributed by atoms with Crippen LogP contribution in [0.1, 0.15) is 31.4 Å². The number of unbranched alkanes of at least 4 members (excludes halogenated alkanes) is 1. The van der Waals surface area contributed by atoms with Crippen molar-refractivity contribution in [3.05, 3.63) is 18.2 Å². The van der Waals surface area contributed by atoms with E-state index in [0.717, 1.165) is 5.69 Å². The summed E-state index contributed by atoms with van der Waals surface area (Å²) < 4.78 is 0. The van der Waals surface area contributed by atoms with Gasteiger partial charge in [0.1, 0.15) is 0 Å². The van der Waals surface area contributed by atoms with Crippen molar-refractivity contribution >= 4 is 11.9 Å². The second kappa shape index (κ2) is 6.60. The van der Waals surface area contributed by atoms with Crippen LogP contribution >= 0.6 is 0 Å². The van der Waals surface area contributed by atoms with Gasteiger partial charge in [0.05, 0.1) is 18.6 Å². The first-order chi connectivity index (χ1) is 7.68. The topological polar surface area (TPSA) is 95.1 Å². The molecule has 1 aromatic rings. The lowest BCUT2D eigenvalue weighted by Crippen LogP contribution is -2.22. The highest BCUT2D eigenvalue weighted by Crippen LogP contribution is 2.00. The first-order valence-electron chi connectivity index (χ1n) is 5.14. The lowest BCUT2D eigenvalue weighted by molar-refractivity contribution is -0.137. The van der Waals surface area contributed by atoms with Gasteiger partial charge in [-0.1, -0.05) is 0 Å². The summed E-state index contributed by atoms with van der Waals surface area (Å²) in [7, 11) is 0. The van der Waals surface area contributed by atoms with Gasteiger partial charge >= 0.3 is 5.97 Å². The van der Waals surface area contributed by atoms with Crippen LogP contribution in [0.25, 0.3) is 0 Å². The molecule has 1 heterocycles. The molecule has 0 radical (unpaired) electrons. The molecular formula is C10H15N3O3. The fourth-order valence-corrected chi connectivity index (χ4v) is 1.23. The van der Waals surface area contributed by atoms with E-state index < -0.39 is 5.97 Å². The summed E-state index contributed by atoms with van der Waals surface area (Å²) >= 11 is 0. The van der Waals surface area contributed by atoms with Crippen LogP contribution in [0.15, 0.2) is 12.5 Å². The molecule has 0 spiro atoms. The summed E-state index contributed by atoms with van der Waals surface area (Å²) in [6, 6.07) is 0. The van der Waals surface area contributed by atoms with Crippen LogP contribution in [0.4, 0.5) is 0 Å². The number of imidazole rings is 1. The smallest absolute Gasteiger partial charge is 0.303 e. The Morgan fingerprint density at radius 3 is 2.75 bits per heavy atom. The van der Waals surface area contributed by atoms with Crippen molar-refractivity contribution in [2.24, 2.45) is 0 Å². The molecule has 0 saturated heterocycles. The number of carbonyl (C=O) groups is 2. The highest BCUT2D eigenvalue weighted by Gasteiger charge is 2.03. The van der Waals surface area contributed by atoms with Crippen molar-refractivity contribution in [1.82, 2.24) is 15.3 Å². The van der Waals surface area contributed by atoms with Gasteiger partial charge in [0, 0.05) is 19.0 Å². The van der Waals surface area contributed by atoms with E-state index >= 15 is 0 Å². The van der Waals surface area contributed by atoms with Crippen molar-refractivity contribution in [2.45, 2.75) is 32.2 Å². The normalized spacial score (nSPS) is 10.0. The predicted octanol–water partition coefficient (Wildman–Crippen LogP) is 0.671. The summed E-state index contributed by atoms with van der Waals surface area (Å²) in [4.78, 5) is 28.2. The highest BCUT2D eigenvalue weighted by molar-refractivity contribution is 5.75. The number of nitrogens with one attached hydrogen (secondary N) is 2. The molecule has 88 valence electrons. The number of hydrogen-bond donors (Lipinski definition) is 3. The fourth-order valence-electron chi connectivity index (χ4n) is 1.23. The van der Waals surface area contributed by atoms with Crippen molar-refractivity contribution in [3.8, 4) is 0 Å². The lowest BCUT2D eigenvalue weighted by atomic mass is 10.2. The van der Waals surface area contributed by atoms with Crippen LogP contribution in [0, 0.1) is 0 Å². The molecule has 0 saturated carbocycles. The van der Waals surface area contributed by atoms with E-state index in [2.05, 4.69) is 15.3 Å². The number of H-pyrrole nitrogens is 1. The molecule has 16 heavy (non-hydrogen) atoms. The standard InChI is InChI=1S/C10H15N3O3/c14-9(3-1-2-4-10(15)16)12-6-8-5-11-7-13-8/h5,7H,1-4,6H2,(H,11,13)(H,12,14)(H,15,16). The predicted molar refractivity (Wildman–Crippen MR) is 56.5 cm³/mol. The minimum absolute atomic E-state index is 0.0695. The molecule has 3 N–H and O–H groups in total. The quantitative estimate of drug-likeness (QED) is 0.594. The largest absolute Gasteiger partial charge is 0.481 e. The third kappa shape index (κ3) is 5.14. The van der Waals surface area contributed by atoms with E-state index in [4.69, 9.17) is 5.11 Å². The molecule has 0 unspecified atom stereocenters. The third-order valence-corrected chi connectivity index (χ3v) is 2.08. The molecule has 1 amide bonds. The van der Waals surface area contributed by atoms with Gasteiger partial charge in [-0.3, -0.25) is 9.59 Å². The van der Waals surface area contributed by atoms with E-state index in [-0.39, 0.29) is 12.3 Å². The number of nitrogens with zero attached hydrogens (tertiary/aromatic N) is 1. The van der Waals surface area contributed by atoms with Crippen molar-refractivity contribution in [1.29, 1.82) is 0 Å². The van der Waals surface area contributed by atoms with Gasteiger partial charge in [-0.2, -0.15) is 0 Å². The maximum atomic E-state index is 11.3. The Morgan fingerprint density at radius 2 is 2.12 bits per heavy atom. The Morgan fingerprint density at radius 1 is 1.38 bits per heavy atom. The summed E-state index contributed by atoms with van der Waals surface area (Å²) in [6.45, 7) is 0.428. The molecule has 0 fully saturated rings. The SMILES string of the molecule is O=C(O)CCCCC(=O)NCc1cnc[nH]1. The zero-order chi connectivity index (χ0) is 11.8. The van der Waals surface area contributed by atoms with Gasteiger partial charge in [-0.15, -0.1) is 0 Å². The minimum atomic E-state index is -0.821. The number of carboxylic acid groups (broad SMARTS) is 1. The summed E-state index contributed by atoms with van der Waals surface area (Å²) in [6.07, 6.45) is 4.81. The lowest BCUT2D eigenvalue weighted by Gasteiger charge is -2.02. The summed E-state index contributed by atoms with van der Waals surface area (Å²) in [5, 5.41) is 11.1. The number of aromatic nitrogens is 2.